The van der Waals surface area contributed by atoms with Gasteiger partial charge in [-0.25, -0.2) is 0 Å². The number of hydrogen-bond acceptors (Lipinski definition) is 4. The molecule has 0 bridgehead atoms. The molecule has 0 radical (unpaired) electrons. The number of thioether (sulfide) groups is 1. The van der Waals surface area contributed by atoms with Gasteiger partial charge in [0.2, 0.25) is 0 Å². The molecule has 3 rings (SSSR count). The molecule has 2 fully saturated rings. The molecule has 0 unspecified atom stereocenters. The highest BCUT2D eigenvalue weighted by atomic mass is 32.2. The van der Waals surface area contributed by atoms with Gasteiger partial charge in [0, 0.05) is 36.3 Å². The summed E-state index contributed by atoms with van der Waals surface area (Å²) in [7, 11) is 0. The monoisotopic (exact) mass is 320 g/mol. The maximum atomic E-state index is 9.62. The minimum absolute atomic E-state index is 0.0497. The van der Waals surface area contributed by atoms with E-state index < -0.39 is 0 Å². The van der Waals surface area contributed by atoms with Crippen LogP contribution in [0.2, 0.25) is 0 Å². The van der Waals surface area contributed by atoms with Gasteiger partial charge in [0.1, 0.15) is 0 Å². The van der Waals surface area contributed by atoms with Gasteiger partial charge in [-0.15, -0.1) is 11.8 Å². The number of aliphatic hydroxyl groups is 1. The zero-order chi connectivity index (χ0) is 15.2. The first-order chi connectivity index (χ1) is 10.8. The van der Waals surface area contributed by atoms with Crippen molar-refractivity contribution in [1.29, 1.82) is 0 Å². The summed E-state index contributed by atoms with van der Waals surface area (Å²) in [5, 5.41) is 9.62. The molecule has 2 saturated heterocycles. The van der Waals surface area contributed by atoms with Crippen LogP contribution in [0.4, 0.5) is 0 Å². The molecule has 1 aromatic rings. The largest absolute Gasteiger partial charge is 0.393 e. The molecule has 2 aliphatic heterocycles. The Morgan fingerprint density at radius 2 is 1.64 bits per heavy atom. The van der Waals surface area contributed by atoms with Crippen LogP contribution in [-0.4, -0.2) is 65.5 Å². The summed E-state index contributed by atoms with van der Waals surface area (Å²) >= 11 is 1.96. The van der Waals surface area contributed by atoms with Gasteiger partial charge in [0.25, 0.3) is 0 Å². The topological polar surface area (TPSA) is 26.7 Å². The summed E-state index contributed by atoms with van der Waals surface area (Å²) in [5.41, 5.74) is 0. The van der Waals surface area contributed by atoms with E-state index in [4.69, 9.17) is 0 Å². The van der Waals surface area contributed by atoms with Gasteiger partial charge in [0.05, 0.1) is 6.10 Å². The first-order valence-corrected chi connectivity index (χ1v) is 9.62. The van der Waals surface area contributed by atoms with Crippen LogP contribution in [0.15, 0.2) is 35.2 Å². The van der Waals surface area contributed by atoms with Crippen molar-refractivity contribution in [1.82, 2.24) is 9.80 Å². The maximum absolute atomic E-state index is 9.62. The van der Waals surface area contributed by atoms with E-state index in [0.29, 0.717) is 0 Å². The zero-order valence-corrected chi connectivity index (χ0v) is 14.2. The van der Waals surface area contributed by atoms with Gasteiger partial charge in [-0.3, -0.25) is 0 Å². The number of piperidine rings is 2. The van der Waals surface area contributed by atoms with Gasteiger partial charge in [-0.2, -0.15) is 0 Å². The molecule has 122 valence electrons. The summed E-state index contributed by atoms with van der Waals surface area (Å²) in [6.45, 7) is 5.86. The van der Waals surface area contributed by atoms with E-state index in [-0.39, 0.29) is 6.10 Å². The third-order valence-electron chi connectivity index (χ3n) is 4.99. The minimum atomic E-state index is -0.0497. The normalized spacial score (nSPS) is 23.0. The standard InChI is InChI=1S/C18H28N2OS/c21-17-8-12-20(13-9-17)16-6-10-19(11-7-16)14-15-22-18-4-2-1-3-5-18/h1-5,16-17,21H,6-15H2. The van der Waals surface area contributed by atoms with E-state index in [1.54, 1.807) is 0 Å². The summed E-state index contributed by atoms with van der Waals surface area (Å²) in [6.07, 6.45) is 4.48. The lowest BCUT2D eigenvalue weighted by molar-refractivity contribution is 0.0395. The Morgan fingerprint density at radius 1 is 0.955 bits per heavy atom. The summed E-state index contributed by atoms with van der Waals surface area (Å²) in [6, 6.07) is 11.5. The number of hydrogen-bond donors (Lipinski definition) is 1. The first-order valence-electron chi connectivity index (χ1n) is 8.63. The Labute approximate surface area is 138 Å². The number of rotatable bonds is 5. The fraction of sp³-hybridized carbons (Fsp3) is 0.667. The average molecular weight is 321 g/mol. The Bertz CT molecular complexity index is 426. The number of benzene rings is 1. The van der Waals surface area contributed by atoms with Crippen LogP contribution in [0.1, 0.15) is 25.7 Å². The SMILES string of the molecule is OC1CCN(C2CCN(CCSc3ccccc3)CC2)CC1. The van der Waals surface area contributed by atoms with Gasteiger partial charge in [0.15, 0.2) is 0 Å². The lowest BCUT2D eigenvalue weighted by Crippen LogP contribution is -2.48. The van der Waals surface area contributed by atoms with Crippen LogP contribution in [0.5, 0.6) is 0 Å². The Hall–Kier alpha value is -0.550. The molecule has 22 heavy (non-hydrogen) atoms. The van der Waals surface area contributed by atoms with Crippen molar-refractivity contribution >= 4 is 11.8 Å². The Kier molecular flexibility index (Phi) is 6.19. The minimum Gasteiger partial charge on any atom is -0.393 e. The molecule has 3 nitrogen and oxygen atoms in total. The molecule has 0 spiro atoms. The number of nitrogens with zero attached hydrogens (tertiary/aromatic N) is 2. The summed E-state index contributed by atoms with van der Waals surface area (Å²) in [4.78, 5) is 6.61. The smallest absolute Gasteiger partial charge is 0.0564 e. The molecule has 0 amide bonds. The second kappa shape index (κ2) is 8.34. The highest BCUT2D eigenvalue weighted by Gasteiger charge is 2.27. The highest BCUT2D eigenvalue weighted by molar-refractivity contribution is 7.99. The number of aliphatic hydroxyl groups excluding tert-OH is 1. The zero-order valence-electron chi connectivity index (χ0n) is 13.4. The average Bonchev–Trinajstić information content (AvgIpc) is 2.57. The fourth-order valence-electron chi connectivity index (χ4n) is 3.57. The third kappa shape index (κ3) is 4.72. The summed E-state index contributed by atoms with van der Waals surface area (Å²) < 4.78 is 0. The lowest BCUT2D eigenvalue weighted by Gasteiger charge is -2.41. The molecule has 2 aliphatic rings. The molecule has 0 aromatic heterocycles. The Morgan fingerprint density at radius 3 is 2.32 bits per heavy atom. The van der Waals surface area contributed by atoms with Crippen LogP contribution < -0.4 is 0 Å². The molecule has 4 heteroatoms. The van der Waals surface area contributed by atoms with Crippen LogP contribution in [0.25, 0.3) is 0 Å². The fourth-order valence-corrected chi connectivity index (χ4v) is 4.50. The Balaban J connectivity index is 1.33. The van der Waals surface area contributed by atoms with Crippen LogP contribution in [0.3, 0.4) is 0 Å². The van der Waals surface area contributed by atoms with Crippen LogP contribution in [0, 0.1) is 0 Å². The van der Waals surface area contributed by atoms with E-state index in [2.05, 4.69) is 40.1 Å². The quantitative estimate of drug-likeness (QED) is 0.844. The highest BCUT2D eigenvalue weighted by Crippen LogP contribution is 2.22. The predicted molar refractivity (Wildman–Crippen MR) is 93.4 cm³/mol. The second-order valence-electron chi connectivity index (χ2n) is 6.50. The first kappa shape index (κ1) is 16.3. The van der Waals surface area contributed by atoms with Crippen molar-refractivity contribution in [3.63, 3.8) is 0 Å². The predicted octanol–water partition coefficient (Wildman–Crippen LogP) is 2.70. The van der Waals surface area contributed by atoms with E-state index in [1.165, 1.54) is 43.1 Å². The van der Waals surface area contributed by atoms with Gasteiger partial charge in [-0.1, -0.05) is 18.2 Å². The van der Waals surface area contributed by atoms with E-state index in [1.807, 2.05) is 11.8 Å². The van der Waals surface area contributed by atoms with E-state index in [9.17, 15) is 5.11 Å². The number of likely N-dealkylation sites (tertiary alicyclic amines) is 2. The van der Waals surface area contributed by atoms with Crippen LogP contribution >= 0.6 is 11.8 Å². The van der Waals surface area contributed by atoms with Crippen LogP contribution in [-0.2, 0) is 0 Å². The molecule has 0 atom stereocenters. The molecule has 1 aromatic carbocycles. The van der Waals surface area contributed by atoms with Gasteiger partial charge < -0.3 is 14.9 Å². The molecule has 2 heterocycles. The maximum Gasteiger partial charge on any atom is 0.0564 e. The van der Waals surface area contributed by atoms with Crippen molar-refractivity contribution in [3.05, 3.63) is 30.3 Å². The van der Waals surface area contributed by atoms with Crippen molar-refractivity contribution in [2.24, 2.45) is 0 Å². The lowest BCUT2D eigenvalue weighted by atomic mass is 9.99. The third-order valence-corrected chi connectivity index (χ3v) is 5.98. The van der Waals surface area contributed by atoms with Crippen molar-refractivity contribution < 1.29 is 5.11 Å². The van der Waals surface area contributed by atoms with E-state index >= 15 is 0 Å². The molecular formula is C18H28N2OS. The van der Waals surface area contributed by atoms with E-state index in [0.717, 1.165) is 32.0 Å². The van der Waals surface area contributed by atoms with Crippen molar-refractivity contribution in [3.8, 4) is 0 Å². The summed E-state index contributed by atoms with van der Waals surface area (Å²) in [5.74, 6) is 1.19. The molecule has 1 N–H and O–H groups in total. The second-order valence-corrected chi connectivity index (χ2v) is 7.67. The molecule has 0 saturated carbocycles. The van der Waals surface area contributed by atoms with Gasteiger partial charge >= 0.3 is 0 Å². The van der Waals surface area contributed by atoms with Crippen molar-refractivity contribution in [2.45, 2.75) is 42.7 Å². The van der Waals surface area contributed by atoms with Crippen molar-refractivity contribution in [2.75, 3.05) is 38.5 Å². The van der Waals surface area contributed by atoms with Gasteiger partial charge in [-0.05, 0) is 50.9 Å². The molecular weight excluding hydrogens is 292 g/mol. The molecule has 0 aliphatic carbocycles.